The molecule has 12 nitrogen and oxygen atoms in total. The fraction of sp³-hybridized carbons (Fsp3) is 0.312. The van der Waals surface area contributed by atoms with Gasteiger partial charge in [0.1, 0.15) is 29.2 Å². The molecule has 252 valence electrons. The Bertz CT molecular complexity index is 2090. The van der Waals surface area contributed by atoms with Crippen LogP contribution in [-0.2, 0) is 21.9 Å². The first-order chi connectivity index (χ1) is 22.8. The fourth-order valence-electron chi connectivity index (χ4n) is 6.05. The van der Waals surface area contributed by atoms with Crippen molar-refractivity contribution in [2.24, 2.45) is 13.0 Å². The molecule has 1 aliphatic rings. The highest BCUT2D eigenvalue weighted by molar-refractivity contribution is 7.93. The molecule has 1 atom stereocenters. The normalized spacial score (nSPS) is 17.5. The Labute approximate surface area is 273 Å². The number of anilines is 2. The molecule has 48 heavy (non-hydrogen) atoms. The number of aliphatic carboxylic acids is 1. The van der Waals surface area contributed by atoms with Crippen LogP contribution in [0.3, 0.4) is 0 Å². The molecule has 0 saturated heterocycles. The number of carboxylic acids is 1. The lowest BCUT2D eigenvalue weighted by molar-refractivity contribution is -0.143. The SMILES string of the molecule is C[C@H](Oc1cc(-c2nn(C)c3c(-c4cnn(C5CCC(C(=O)O)CC5)c4)cnc(N)c23)ccc1NS(=O)(=O)C(F)F)c1ccc(F)cc1. The summed E-state index contributed by atoms with van der Waals surface area (Å²) in [5.41, 5.74) is 9.60. The van der Waals surface area contributed by atoms with E-state index >= 15 is 0 Å². The van der Waals surface area contributed by atoms with Crippen LogP contribution in [0.25, 0.3) is 33.3 Å². The van der Waals surface area contributed by atoms with Crippen LogP contribution >= 0.6 is 0 Å². The second-order valence-electron chi connectivity index (χ2n) is 11.7. The van der Waals surface area contributed by atoms with Crippen LogP contribution in [0.4, 0.5) is 24.7 Å². The molecule has 0 unspecified atom stereocenters. The number of benzene rings is 2. The van der Waals surface area contributed by atoms with E-state index < -0.39 is 33.7 Å². The second kappa shape index (κ2) is 12.8. The molecule has 6 rings (SSSR count). The average molecular weight is 684 g/mol. The van der Waals surface area contributed by atoms with E-state index in [4.69, 9.17) is 15.6 Å². The van der Waals surface area contributed by atoms with Crippen molar-refractivity contribution in [1.82, 2.24) is 24.5 Å². The predicted octanol–water partition coefficient (Wildman–Crippen LogP) is 6.14. The number of aromatic nitrogens is 5. The van der Waals surface area contributed by atoms with Gasteiger partial charge >= 0.3 is 11.7 Å². The number of halogens is 3. The number of aryl methyl sites for hydroxylation is 1. The van der Waals surface area contributed by atoms with Crippen LogP contribution in [0.15, 0.2) is 61.1 Å². The second-order valence-corrected chi connectivity index (χ2v) is 13.4. The zero-order chi connectivity index (χ0) is 34.3. The lowest BCUT2D eigenvalue weighted by atomic mass is 9.86. The van der Waals surface area contributed by atoms with Gasteiger partial charge in [-0.3, -0.25) is 18.9 Å². The predicted molar refractivity (Wildman–Crippen MR) is 172 cm³/mol. The smallest absolute Gasteiger partial charge is 0.355 e. The summed E-state index contributed by atoms with van der Waals surface area (Å²) in [6.07, 6.45) is 7.01. The number of alkyl halides is 2. The van der Waals surface area contributed by atoms with Crippen LogP contribution < -0.4 is 15.2 Å². The minimum absolute atomic E-state index is 0.0606. The van der Waals surface area contributed by atoms with Crippen LogP contribution in [0.5, 0.6) is 5.75 Å². The molecule has 1 fully saturated rings. The van der Waals surface area contributed by atoms with Crippen molar-refractivity contribution in [3.8, 4) is 28.1 Å². The van der Waals surface area contributed by atoms with E-state index in [2.05, 4.69) is 10.1 Å². The van der Waals surface area contributed by atoms with Crippen molar-refractivity contribution in [2.45, 2.75) is 50.5 Å². The van der Waals surface area contributed by atoms with Crippen LogP contribution in [0.2, 0.25) is 0 Å². The number of hydrogen-bond donors (Lipinski definition) is 3. The van der Waals surface area contributed by atoms with E-state index in [-0.39, 0.29) is 29.2 Å². The summed E-state index contributed by atoms with van der Waals surface area (Å²) < 4.78 is 75.8. The third kappa shape index (κ3) is 6.39. The maximum Gasteiger partial charge on any atom is 0.355 e. The Morgan fingerprint density at radius 1 is 1.08 bits per heavy atom. The number of rotatable bonds is 10. The number of carbonyl (C=O) groups is 1. The van der Waals surface area contributed by atoms with Crippen molar-refractivity contribution < 1.29 is 36.2 Å². The van der Waals surface area contributed by atoms with Gasteiger partial charge in [0.05, 0.1) is 34.7 Å². The number of fused-ring (bicyclic) bond motifs is 1. The van der Waals surface area contributed by atoms with E-state index in [0.29, 0.717) is 59.0 Å². The third-order valence-electron chi connectivity index (χ3n) is 8.61. The van der Waals surface area contributed by atoms with Gasteiger partial charge in [0.25, 0.3) is 10.0 Å². The summed E-state index contributed by atoms with van der Waals surface area (Å²) in [5.74, 6) is -5.17. The number of sulfonamides is 1. The summed E-state index contributed by atoms with van der Waals surface area (Å²) in [5, 5.41) is 19.1. The molecule has 0 spiro atoms. The van der Waals surface area contributed by atoms with Gasteiger partial charge in [-0.2, -0.15) is 19.0 Å². The zero-order valence-corrected chi connectivity index (χ0v) is 26.7. The van der Waals surface area contributed by atoms with Gasteiger partial charge in [-0.05, 0) is 62.4 Å². The van der Waals surface area contributed by atoms with Gasteiger partial charge in [0, 0.05) is 36.1 Å². The highest BCUT2D eigenvalue weighted by Gasteiger charge is 2.29. The molecule has 16 heteroatoms. The standard InChI is InChI=1S/C32H32F3N7O5S/c1-17(18-3-8-22(33)9-4-18)47-26-13-20(7-12-25(26)40-48(45,46)32(34)35)28-27-29(41(2)39-28)24(15-37-30(27)36)21-14-38-42(16-21)23-10-5-19(6-11-23)31(43)44/h3-4,7-9,12-17,19,23,32,40H,5-6,10-11H2,1-2H3,(H2,36,37)(H,43,44)/t17-,19?,23?/m0/s1. The number of nitrogen functional groups attached to an aromatic ring is 1. The lowest BCUT2D eigenvalue weighted by Gasteiger charge is -2.26. The number of hydrogen-bond acceptors (Lipinski definition) is 8. The molecular formula is C32H32F3N7O5S. The monoisotopic (exact) mass is 683 g/mol. The van der Waals surface area contributed by atoms with Crippen molar-refractivity contribution >= 4 is 38.4 Å². The number of ether oxygens (including phenoxy) is 1. The van der Waals surface area contributed by atoms with Crippen molar-refractivity contribution in [3.63, 3.8) is 0 Å². The van der Waals surface area contributed by atoms with Gasteiger partial charge in [-0.15, -0.1) is 0 Å². The molecular weight excluding hydrogens is 651 g/mol. The highest BCUT2D eigenvalue weighted by atomic mass is 32.2. The Balaban J connectivity index is 1.38. The molecule has 3 heterocycles. The number of nitrogens with one attached hydrogen (secondary N) is 1. The summed E-state index contributed by atoms with van der Waals surface area (Å²) in [6.45, 7) is 1.65. The fourth-order valence-corrected chi connectivity index (χ4v) is 6.62. The van der Waals surface area contributed by atoms with Gasteiger partial charge in [0.15, 0.2) is 0 Å². The summed E-state index contributed by atoms with van der Waals surface area (Å²) in [4.78, 5) is 15.8. The van der Waals surface area contributed by atoms with Gasteiger partial charge in [-0.25, -0.2) is 17.8 Å². The molecule has 0 bridgehead atoms. The third-order valence-corrected chi connectivity index (χ3v) is 9.58. The Kier molecular flexibility index (Phi) is 8.76. The molecule has 3 aromatic heterocycles. The minimum Gasteiger partial charge on any atom is -0.484 e. The molecule has 0 aliphatic heterocycles. The molecule has 0 amide bonds. The van der Waals surface area contributed by atoms with Crippen LogP contribution in [0.1, 0.15) is 50.3 Å². The Hall–Kier alpha value is -5.12. The molecule has 0 radical (unpaired) electrons. The van der Waals surface area contributed by atoms with E-state index in [1.165, 1.54) is 42.5 Å². The Morgan fingerprint density at radius 2 is 1.79 bits per heavy atom. The van der Waals surface area contributed by atoms with E-state index in [1.807, 2.05) is 15.6 Å². The summed E-state index contributed by atoms with van der Waals surface area (Å²) in [7, 11) is -3.31. The van der Waals surface area contributed by atoms with E-state index in [0.717, 1.165) is 5.56 Å². The molecule has 1 saturated carbocycles. The number of nitrogens with zero attached hydrogens (tertiary/aromatic N) is 5. The number of carboxylic acid groups (broad SMARTS) is 1. The van der Waals surface area contributed by atoms with Crippen molar-refractivity contribution in [1.29, 1.82) is 0 Å². The first-order valence-electron chi connectivity index (χ1n) is 15.1. The maximum absolute atomic E-state index is 13.5. The lowest BCUT2D eigenvalue weighted by Crippen LogP contribution is -2.23. The number of nitrogens with two attached hydrogens (primary N) is 1. The van der Waals surface area contributed by atoms with Crippen molar-refractivity contribution in [3.05, 3.63) is 72.4 Å². The molecule has 1 aliphatic carbocycles. The average Bonchev–Trinajstić information content (AvgIpc) is 3.68. The first-order valence-corrected chi connectivity index (χ1v) is 16.6. The van der Waals surface area contributed by atoms with E-state index in [1.54, 1.807) is 31.0 Å². The van der Waals surface area contributed by atoms with Crippen LogP contribution in [0, 0.1) is 11.7 Å². The van der Waals surface area contributed by atoms with Gasteiger partial charge in [-0.1, -0.05) is 18.2 Å². The summed E-state index contributed by atoms with van der Waals surface area (Å²) in [6, 6.07) is 9.79. The number of pyridine rings is 1. The largest absolute Gasteiger partial charge is 0.484 e. The molecule has 4 N–H and O–H groups in total. The van der Waals surface area contributed by atoms with E-state index in [9.17, 15) is 31.5 Å². The first kappa shape index (κ1) is 32.8. The Morgan fingerprint density at radius 3 is 2.46 bits per heavy atom. The summed E-state index contributed by atoms with van der Waals surface area (Å²) >= 11 is 0. The molecule has 5 aromatic rings. The van der Waals surface area contributed by atoms with Gasteiger partial charge in [0.2, 0.25) is 0 Å². The zero-order valence-electron chi connectivity index (χ0n) is 25.8. The molecule has 2 aromatic carbocycles. The topological polar surface area (TPSA) is 167 Å². The van der Waals surface area contributed by atoms with Crippen LogP contribution in [-0.4, -0.2) is 49.8 Å². The quantitative estimate of drug-likeness (QED) is 0.157. The van der Waals surface area contributed by atoms with Crippen molar-refractivity contribution in [2.75, 3.05) is 10.5 Å². The van der Waals surface area contributed by atoms with Gasteiger partial charge < -0.3 is 15.6 Å². The maximum atomic E-state index is 13.5. The minimum atomic E-state index is -5.04. The highest BCUT2D eigenvalue weighted by Crippen LogP contribution is 2.41.